The Labute approximate surface area is 150 Å². The zero-order valence-electron chi connectivity index (χ0n) is 13.4. The standard InChI is InChI=1S/C17H19NO4S2/c1-10-8-12(10)13-6-5-11(22-13)9-14-16(21)18(17(23)24-14)7-3-2-4-15(19)20/h5-6,9-10,12H,2-4,7-8H2,1H3,(H,19,20)/b14-9-/t10-,12+/m1/s1. The number of thiocarbonyl (C=S) groups is 1. The molecule has 1 aliphatic heterocycles. The highest BCUT2D eigenvalue weighted by Gasteiger charge is 2.37. The Morgan fingerprint density at radius 2 is 2.25 bits per heavy atom. The predicted molar refractivity (Wildman–Crippen MR) is 96.6 cm³/mol. The SMILES string of the molecule is C[C@@H]1C[C@@H]1c1ccc(/C=C2\SC(=S)N(CCCCC(=O)O)C2=O)o1. The van der Waals surface area contributed by atoms with E-state index in [2.05, 4.69) is 6.92 Å². The van der Waals surface area contributed by atoms with Gasteiger partial charge in [-0.2, -0.15) is 0 Å². The molecule has 1 amide bonds. The van der Waals surface area contributed by atoms with Gasteiger partial charge in [0, 0.05) is 25.0 Å². The molecule has 3 rings (SSSR count). The van der Waals surface area contributed by atoms with Gasteiger partial charge in [0.1, 0.15) is 15.8 Å². The van der Waals surface area contributed by atoms with Crippen LogP contribution in [0, 0.1) is 5.92 Å². The summed E-state index contributed by atoms with van der Waals surface area (Å²) in [4.78, 5) is 25.1. The number of unbranched alkanes of at least 4 members (excludes halogenated alkanes) is 1. The van der Waals surface area contributed by atoms with Gasteiger partial charge >= 0.3 is 5.97 Å². The lowest BCUT2D eigenvalue weighted by molar-refractivity contribution is -0.137. The van der Waals surface area contributed by atoms with E-state index in [9.17, 15) is 9.59 Å². The smallest absolute Gasteiger partial charge is 0.303 e. The molecule has 1 aromatic rings. The third-order valence-electron chi connectivity index (χ3n) is 4.29. The van der Waals surface area contributed by atoms with Crippen LogP contribution in [0.3, 0.4) is 0 Å². The topological polar surface area (TPSA) is 70.8 Å². The Morgan fingerprint density at radius 1 is 1.50 bits per heavy atom. The Hall–Kier alpha value is -1.60. The number of hydrogen-bond donors (Lipinski definition) is 1. The molecule has 5 nitrogen and oxygen atoms in total. The van der Waals surface area contributed by atoms with Crippen molar-refractivity contribution in [2.45, 2.75) is 38.5 Å². The first-order chi connectivity index (χ1) is 11.5. The maximum Gasteiger partial charge on any atom is 0.303 e. The second-order valence-electron chi connectivity index (χ2n) is 6.24. The third kappa shape index (κ3) is 3.89. The number of thioether (sulfide) groups is 1. The molecule has 7 heteroatoms. The van der Waals surface area contributed by atoms with Crippen molar-refractivity contribution in [3.8, 4) is 0 Å². The van der Waals surface area contributed by atoms with Crippen LogP contribution in [-0.2, 0) is 9.59 Å². The molecular weight excluding hydrogens is 346 g/mol. The molecule has 2 fully saturated rings. The highest BCUT2D eigenvalue weighted by molar-refractivity contribution is 8.26. The van der Waals surface area contributed by atoms with Gasteiger partial charge in [-0.15, -0.1) is 0 Å². The minimum Gasteiger partial charge on any atom is -0.481 e. The maximum absolute atomic E-state index is 12.4. The van der Waals surface area contributed by atoms with Crippen LogP contribution in [0.15, 0.2) is 21.5 Å². The lowest BCUT2D eigenvalue weighted by atomic mass is 10.2. The van der Waals surface area contributed by atoms with Crippen LogP contribution < -0.4 is 0 Å². The van der Waals surface area contributed by atoms with E-state index in [-0.39, 0.29) is 12.3 Å². The van der Waals surface area contributed by atoms with Crippen molar-refractivity contribution in [3.05, 3.63) is 28.6 Å². The van der Waals surface area contributed by atoms with Crippen molar-refractivity contribution in [2.24, 2.45) is 5.92 Å². The summed E-state index contributed by atoms with van der Waals surface area (Å²) in [6.07, 6.45) is 4.17. The number of amides is 1. The summed E-state index contributed by atoms with van der Waals surface area (Å²) < 4.78 is 6.33. The predicted octanol–water partition coefficient (Wildman–Crippen LogP) is 3.86. The van der Waals surface area contributed by atoms with Gasteiger partial charge in [0.25, 0.3) is 5.91 Å². The molecular formula is C17H19NO4S2. The number of hydrogen-bond acceptors (Lipinski definition) is 5. The third-order valence-corrected chi connectivity index (χ3v) is 5.67. The Bertz CT molecular complexity index is 709. The number of carbonyl (C=O) groups is 2. The second kappa shape index (κ2) is 7.11. The lowest BCUT2D eigenvalue weighted by Gasteiger charge is -2.13. The molecule has 0 unspecified atom stereocenters. The molecule has 1 aromatic heterocycles. The van der Waals surface area contributed by atoms with Crippen LogP contribution >= 0.6 is 24.0 Å². The molecule has 0 aromatic carbocycles. The largest absolute Gasteiger partial charge is 0.481 e. The van der Waals surface area contributed by atoms with Crippen LogP contribution in [0.2, 0.25) is 0 Å². The van der Waals surface area contributed by atoms with Crippen molar-refractivity contribution in [3.63, 3.8) is 0 Å². The summed E-state index contributed by atoms with van der Waals surface area (Å²) in [5, 5.41) is 8.65. The van der Waals surface area contributed by atoms with Gasteiger partial charge in [0.15, 0.2) is 0 Å². The number of carbonyl (C=O) groups excluding carboxylic acids is 1. The molecule has 0 radical (unpaired) electrons. The summed E-state index contributed by atoms with van der Waals surface area (Å²) in [6.45, 7) is 2.65. The number of aliphatic carboxylic acids is 1. The van der Waals surface area contributed by atoms with Crippen molar-refractivity contribution < 1.29 is 19.1 Å². The van der Waals surface area contributed by atoms with E-state index in [0.717, 1.165) is 12.2 Å². The number of nitrogens with zero attached hydrogens (tertiary/aromatic N) is 1. The zero-order valence-corrected chi connectivity index (χ0v) is 15.0. The van der Waals surface area contributed by atoms with Gasteiger partial charge in [-0.05, 0) is 37.3 Å². The molecule has 128 valence electrons. The van der Waals surface area contributed by atoms with E-state index >= 15 is 0 Å². The van der Waals surface area contributed by atoms with E-state index in [1.54, 1.807) is 11.0 Å². The average molecular weight is 365 g/mol. The summed E-state index contributed by atoms with van der Waals surface area (Å²) >= 11 is 6.53. The van der Waals surface area contributed by atoms with Crippen LogP contribution in [0.4, 0.5) is 0 Å². The number of furan rings is 1. The van der Waals surface area contributed by atoms with E-state index < -0.39 is 5.97 Å². The van der Waals surface area contributed by atoms with Gasteiger partial charge in [0.05, 0.1) is 4.91 Å². The first-order valence-corrected chi connectivity index (χ1v) is 9.25. The van der Waals surface area contributed by atoms with Crippen molar-refractivity contribution in [1.82, 2.24) is 4.90 Å². The number of rotatable bonds is 7. The fourth-order valence-corrected chi connectivity index (χ4v) is 4.02. The Morgan fingerprint density at radius 3 is 2.92 bits per heavy atom. The first kappa shape index (κ1) is 17.2. The summed E-state index contributed by atoms with van der Waals surface area (Å²) in [5.74, 6) is 1.90. The fraction of sp³-hybridized carbons (Fsp3) is 0.471. The minimum atomic E-state index is -0.820. The minimum absolute atomic E-state index is 0.111. The number of carboxylic acid groups (broad SMARTS) is 1. The summed E-state index contributed by atoms with van der Waals surface area (Å²) in [6, 6.07) is 3.87. The molecule has 1 saturated heterocycles. The van der Waals surface area contributed by atoms with E-state index in [1.165, 1.54) is 11.8 Å². The first-order valence-electron chi connectivity index (χ1n) is 8.02. The van der Waals surface area contributed by atoms with Gasteiger partial charge in [-0.1, -0.05) is 30.9 Å². The molecule has 1 N–H and O–H groups in total. The highest BCUT2D eigenvalue weighted by Crippen LogP contribution is 2.47. The molecule has 24 heavy (non-hydrogen) atoms. The van der Waals surface area contributed by atoms with Crippen LogP contribution in [-0.4, -0.2) is 32.7 Å². The van der Waals surface area contributed by atoms with Gasteiger partial charge < -0.3 is 9.52 Å². The maximum atomic E-state index is 12.4. The molecule has 1 aliphatic carbocycles. The Balaban J connectivity index is 1.60. The van der Waals surface area contributed by atoms with Crippen molar-refractivity contribution >= 4 is 46.3 Å². The van der Waals surface area contributed by atoms with Crippen LogP contribution in [0.5, 0.6) is 0 Å². The van der Waals surface area contributed by atoms with E-state index in [0.29, 0.717) is 46.2 Å². The summed E-state index contributed by atoms with van der Waals surface area (Å²) in [7, 11) is 0. The average Bonchev–Trinajstić information content (AvgIpc) is 2.97. The molecule has 0 bridgehead atoms. The molecule has 2 aliphatic rings. The van der Waals surface area contributed by atoms with Gasteiger partial charge in [0.2, 0.25) is 0 Å². The van der Waals surface area contributed by atoms with Crippen molar-refractivity contribution in [2.75, 3.05) is 6.54 Å². The summed E-state index contributed by atoms with van der Waals surface area (Å²) in [5.41, 5.74) is 0. The zero-order chi connectivity index (χ0) is 17.3. The van der Waals surface area contributed by atoms with Gasteiger partial charge in [-0.3, -0.25) is 14.5 Å². The quantitative estimate of drug-likeness (QED) is 0.449. The monoisotopic (exact) mass is 365 g/mol. The molecule has 2 heterocycles. The second-order valence-corrected chi connectivity index (χ2v) is 7.92. The fourth-order valence-electron chi connectivity index (χ4n) is 2.73. The number of carboxylic acids is 1. The molecule has 1 saturated carbocycles. The Kier molecular flexibility index (Phi) is 5.10. The van der Waals surface area contributed by atoms with Gasteiger partial charge in [-0.25, -0.2) is 0 Å². The van der Waals surface area contributed by atoms with Crippen LogP contribution in [0.1, 0.15) is 50.0 Å². The molecule has 2 atom stereocenters. The van der Waals surface area contributed by atoms with E-state index in [1.807, 2.05) is 12.1 Å². The molecule has 0 spiro atoms. The van der Waals surface area contributed by atoms with E-state index in [4.69, 9.17) is 21.7 Å². The van der Waals surface area contributed by atoms with Crippen LogP contribution in [0.25, 0.3) is 6.08 Å². The van der Waals surface area contributed by atoms with Crippen molar-refractivity contribution in [1.29, 1.82) is 0 Å². The lowest BCUT2D eigenvalue weighted by Crippen LogP contribution is -2.29. The highest BCUT2D eigenvalue weighted by atomic mass is 32.2. The normalized spacial score (nSPS) is 24.9.